The van der Waals surface area contributed by atoms with Crippen molar-refractivity contribution in [3.8, 4) is 11.3 Å². The highest BCUT2D eigenvalue weighted by Crippen LogP contribution is 2.33. The van der Waals surface area contributed by atoms with E-state index in [4.69, 9.17) is 5.73 Å². The van der Waals surface area contributed by atoms with Crippen LogP contribution in [0, 0.1) is 5.82 Å². The molecule has 19 heavy (non-hydrogen) atoms. The van der Waals surface area contributed by atoms with Crippen LogP contribution in [-0.4, -0.2) is 4.57 Å². The molecule has 0 atom stereocenters. The van der Waals surface area contributed by atoms with Crippen molar-refractivity contribution in [2.24, 2.45) is 12.8 Å². The van der Waals surface area contributed by atoms with Gasteiger partial charge in [-0.3, -0.25) is 0 Å². The van der Waals surface area contributed by atoms with Gasteiger partial charge in [-0.05, 0) is 23.8 Å². The molecule has 2 N–H and O–H groups in total. The molecule has 0 radical (unpaired) electrons. The maximum Gasteiger partial charge on any atom is 0.132 e. The Bertz CT molecular complexity index is 744. The van der Waals surface area contributed by atoms with Gasteiger partial charge >= 0.3 is 0 Å². The molecule has 2 nitrogen and oxygen atoms in total. The van der Waals surface area contributed by atoms with Crippen LogP contribution < -0.4 is 5.73 Å². The first-order chi connectivity index (χ1) is 9.24. The maximum absolute atomic E-state index is 14.0. The Morgan fingerprint density at radius 2 is 1.74 bits per heavy atom. The average Bonchev–Trinajstić information content (AvgIpc) is 2.73. The number of nitrogens with two attached hydrogens (primary N) is 1. The second-order valence-corrected chi connectivity index (χ2v) is 4.59. The van der Waals surface area contributed by atoms with Gasteiger partial charge in [-0.1, -0.05) is 30.3 Å². The summed E-state index contributed by atoms with van der Waals surface area (Å²) < 4.78 is 16.1. The van der Waals surface area contributed by atoms with E-state index in [1.807, 2.05) is 41.9 Å². The molecule has 0 saturated heterocycles. The summed E-state index contributed by atoms with van der Waals surface area (Å²) in [5, 5.41) is 1.09. The van der Waals surface area contributed by atoms with Crippen LogP contribution in [-0.2, 0) is 13.6 Å². The van der Waals surface area contributed by atoms with Crippen molar-refractivity contribution in [2.75, 3.05) is 0 Å². The molecule has 1 heterocycles. The second-order valence-electron chi connectivity index (χ2n) is 4.59. The van der Waals surface area contributed by atoms with Gasteiger partial charge in [0.15, 0.2) is 0 Å². The summed E-state index contributed by atoms with van der Waals surface area (Å²) >= 11 is 0. The summed E-state index contributed by atoms with van der Waals surface area (Å²) in [5.74, 6) is -0.219. The van der Waals surface area contributed by atoms with Crippen LogP contribution in [0.2, 0.25) is 0 Å². The lowest BCUT2D eigenvalue weighted by Gasteiger charge is -2.08. The molecule has 0 bridgehead atoms. The summed E-state index contributed by atoms with van der Waals surface area (Å²) in [6.07, 6.45) is 0. The van der Waals surface area contributed by atoms with E-state index in [1.54, 1.807) is 12.1 Å². The molecule has 0 spiro atoms. The molecule has 0 aliphatic carbocycles. The third-order valence-electron chi connectivity index (χ3n) is 3.54. The molecule has 0 aliphatic rings. The highest BCUT2D eigenvalue weighted by atomic mass is 19.1. The van der Waals surface area contributed by atoms with Crippen molar-refractivity contribution in [3.63, 3.8) is 0 Å². The zero-order valence-electron chi connectivity index (χ0n) is 10.7. The number of nitrogens with zero attached hydrogens (tertiary/aromatic N) is 1. The fraction of sp³-hybridized carbons (Fsp3) is 0.125. The van der Waals surface area contributed by atoms with Gasteiger partial charge in [-0.2, -0.15) is 0 Å². The fourth-order valence-corrected chi connectivity index (χ4v) is 2.67. The van der Waals surface area contributed by atoms with Gasteiger partial charge in [0, 0.05) is 30.1 Å². The highest BCUT2D eigenvalue weighted by Gasteiger charge is 2.17. The van der Waals surface area contributed by atoms with Crippen LogP contribution in [0.4, 0.5) is 4.39 Å². The number of fused-ring (bicyclic) bond motifs is 1. The fourth-order valence-electron chi connectivity index (χ4n) is 2.67. The molecule has 0 aliphatic heterocycles. The van der Waals surface area contributed by atoms with Crippen LogP contribution in [0.3, 0.4) is 0 Å². The number of benzene rings is 2. The second kappa shape index (κ2) is 4.52. The summed E-state index contributed by atoms with van der Waals surface area (Å²) in [6, 6.07) is 14.8. The predicted octanol–water partition coefficient (Wildman–Crippen LogP) is 3.44. The van der Waals surface area contributed by atoms with Gasteiger partial charge < -0.3 is 10.3 Å². The highest BCUT2D eigenvalue weighted by molar-refractivity contribution is 5.91. The molecule has 0 saturated carbocycles. The molecular weight excluding hydrogens is 239 g/mol. The van der Waals surface area contributed by atoms with Crippen LogP contribution in [0.1, 0.15) is 5.56 Å². The van der Waals surface area contributed by atoms with E-state index in [1.165, 1.54) is 6.07 Å². The molecule has 0 amide bonds. The van der Waals surface area contributed by atoms with Gasteiger partial charge in [-0.15, -0.1) is 0 Å². The Morgan fingerprint density at radius 3 is 2.47 bits per heavy atom. The Morgan fingerprint density at radius 1 is 1.05 bits per heavy atom. The Hall–Kier alpha value is -2.13. The van der Waals surface area contributed by atoms with E-state index in [9.17, 15) is 4.39 Å². The molecule has 3 heteroatoms. The van der Waals surface area contributed by atoms with E-state index in [0.717, 1.165) is 22.2 Å². The molecule has 96 valence electrons. The van der Waals surface area contributed by atoms with E-state index >= 15 is 0 Å². The normalized spacial score (nSPS) is 11.1. The largest absolute Gasteiger partial charge is 0.343 e. The Kier molecular flexibility index (Phi) is 2.84. The summed E-state index contributed by atoms with van der Waals surface area (Å²) in [6.45, 7) is 0.394. The number of halogens is 1. The first-order valence-electron chi connectivity index (χ1n) is 6.25. The van der Waals surface area contributed by atoms with E-state index < -0.39 is 0 Å². The SMILES string of the molecule is Cn1c(-c2ccccc2F)c(CN)c2ccccc21. The molecular formula is C16H15FN2. The van der Waals surface area contributed by atoms with Crippen molar-refractivity contribution in [3.05, 3.63) is 59.9 Å². The lowest BCUT2D eigenvalue weighted by molar-refractivity contribution is 0.629. The first kappa shape index (κ1) is 11.9. The number of rotatable bonds is 2. The van der Waals surface area contributed by atoms with Crippen molar-refractivity contribution >= 4 is 10.9 Å². The monoisotopic (exact) mass is 254 g/mol. The number of aryl methyl sites for hydroxylation is 1. The predicted molar refractivity (Wildman–Crippen MR) is 76.2 cm³/mol. The molecule has 0 fully saturated rings. The third-order valence-corrected chi connectivity index (χ3v) is 3.54. The molecule has 1 aromatic heterocycles. The van der Waals surface area contributed by atoms with Crippen LogP contribution >= 0.6 is 0 Å². The summed E-state index contributed by atoms with van der Waals surface area (Å²) in [7, 11) is 1.95. The lowest BCUT2D eigenvalue weighted by atomic mass is 10.0. The van der Waals surface area contributed by atoms with E-state index in [0.29, 0.717) is 12.1 Å². The average molecular weight is 254 g/mol. The Balaban J connectivity index is 2.41. The zero-order chi connectivity index (χ0) is 13.4. The Labute approximate surface area is 111 Å². The van der Waals surface area contributed by atoms with Gasteiger partial charge in [-0.25, -0.2) is 4.39 Å². The van der Waals surface area contributed by atoms with E-state index in [2.05, 4.69) is 0 Å². The lowest BCUT2D eigenvalue weighted by Crippen LogP contribution is -2.01. The van der Waals surface area contributed by atoms with Crippen molar-refractivity contribution in [1.82, 2.24) is 4.57 Å². The number of para-hydroxylation sites is 1. The quantitative estimate of drug-likeness (QED) is 0.746. The van der Waals surface area contributed by atoms with Gasteiger partial charge in [0.25, 0.3) is 0 Å². The minimum Gasteiger partial charge on any atom is -0.343 e. The molecule has 2 aromatic carbocycles. The summed E-state index contributed by atoms with van der Waals surface area (Å²) in [4.78, 5) is 0. The minimum atomic E-state index is -0.219. The van der Waals surface area contributed by atoms with Gasteiger partial charge in [0.05, 0.1) is 5.69 Å². The van der Waals surface area contributed by atoms with Gasteiger partial charge in [0.1, 0.15) is 5.82 Å². The van der Waals surface area contributed by atoms with E-state index in [-0.39, 0.29) is 5.82 Å². The first-order valence-corrected chi connectivity index (χ1v) is 6.25. The molecule has 3 rings (SSSR count). The smallest absolute Gasteiger partial charge is 0.132 e. The summed E-state index contributed by atoms with van der Waals surface area (Å²) in [5.41, 5.74) is 9.40. The van der Waals surface area contributed by atoms with Crippen LogP contribution in [0.25, 0.3) is 22.2 Å². The van der Waals surface area contributed by atoms with Crippen molar-refractivity contribution < 1.29 is 4.39 Å². The van der Waals surface area contributed by atoms with Crippen molar-refractivity contribution in [1.29, 1.82) is 0 Å². The number of hydrogen-bond donors (Lipinski definition) is 1. The maximum atomic E-state index is 14.0. The topological polar surface area (TPSA) is 30.9 Å². The number of hydrogen-bond acceptors (Lipinski definition) is 1. The van der Waals surface area contributed by atoms with Gasteiger partial charge in [0.2, 0.25) is 0 Å². The van der Waals surface area contributed by atoms with Crippen LogP contribution in [0.5, 0.6) is 0 Å². The van der Waals surface area contributed by atoms with Crippen LogP contribution in [0.15, 0.2) is 48.5 Å². The third kappa shape index (κ3) is 1.74. The minimum absolute atomic E-state index is 0.219. The van der Waals surface area contributed by atoms with Crippen molar-refractivity contribution in [2.45, 2.75) is 6.54 Å². The molecule has 3 aromatic rings. The molecule has 0 unspecified atom stereocenters. The zero-order valence-corrected chi connectivity index (χ0v) is 10.7. The standard InChI is InChI=1S/C16H15FN2/c1-19-15-9-5-3-6-11(15)13(10-18)16(19)12-7-2-4-8-14(12)17/h2-9H,10,18H2,1H3. The number of aromatic nitrogens is 1.